The SMILES string of the molecule is CC(C)c1ccc(NC(=O)C2CCN(c3c(C#N)cnc4ccc(F)cc34)CC2)cc1. The van der Waals surface area contributed by atoms with Crippen molar-refractivity contribution >= 4 is 28.2 Å². The van der Waals surface area contributed by atoms with Crippen molar-refractivity contribution in [1.29, 1.82) is 5.26 Å². The molecule has 5 nitrogen and oxygen atoms in total. The summed E-state index contributed by atoms with van der Waals surface area (Å²) in [5.74, 6) is 0.00740. The summed E-state index contributed by atoms with van der Waals surface area (Å²) in [4.78, 5) is 19.1. The Hall–Kier alpha value is -3.46. The van der Waals surface area contributed by atoms with Crippen molar-refractivity contribution in [3.63, 3.8) is 0 Å². The summed E-state index contributed by atoms with van der Waals surface area (Å²) in [5.41, 5.74) is 3.82. The van der Waals surface area contributed by atoms with Crippen LogP contribution in [0.1, 0.15) is 43.7 Å². The summed E-state index contributed by atoms with van der Waals surface area (Å²) in [6.45, 7) is 5.52. The summed E-state index contributed by atoms with van der Waals surface area (Å²) in [7, 11) is 0. The van der Waals surface area contributed by atoms with E-state index in [1.807, 2.05) is 24.3 Å². The molecule has 1 aromatic heterocycles. The van der Waals surface area contributed by atoms with E-state index in [0.717, 1.165) is 5.69 Å². The third-order valence-corrected chi connectivity index (χ3v) is 5.95. The topological polar surface area (TPSA) is 69.0 Å². The van der Waals surface area contributed by atoms with Gasteiger partial charge in [-0.25, -0.2) is 4.39 Å². The largest absolute Gasteiger partial charge is 0.370 e. The predicted molar refractivity (Wildman–Crippen MR) is 121 cm³/mol. The number of piperidine rings is 1. The van der Waals surface area contributed by atoms with Gasteiger partial charge in [0.05, 0.1) is 16.8 Å². The third kappa shape index (κ3) is 4.36. The Morgan fingerprint density at radius 2 is 1.90 bits per heavy atom. The second kappa shape index (κ2) is 8.73. The van der Waals surface area contributed by atoms with E-state index < -0.39 is 0 Å². The zero-order valence-electron chi connectivity index (χ0n) is 17.7. The Morgan fingerprint density at radius 1 is 1.19 bits per heavy atom. The van der Waals surface area contributed by atoms with E-state index in [9.17, 15) is 14.4 Å². The van der Waals surface area contributed by atoms with Crippen LogP contribution in [0.3, 0.4) is 0 Å². The molecular formula is C25H25FN4O. The third-order valence-electron chi connectivity index (χ3n) is 5.95. The number of amides is 1. The van der Waals surface area contributed by atoms with Crippen LogP contribution in [0, 0.1) is 23.1 Å². The van der Waals surface area contributed by atoms with Gasteiger partial charge in [0.2, 0.25) is 5.91 Å². The lowest BCUT2D eigenvalue weighted by molar-refractivity contribution is -0.120. The van der Waals surface area contributed by atoms with Gasteiger partial charge in [-0.15, -0.1) is 0 Å². The molecule has 0 radical (unpaired) electrons. The molecule has 0 saturated carbocycles. The number of nitrogens with one attached hydrogen (secondary N) is 1. The Bertz CT molecular complexity index is 1140. The van der Waals surface area contributed by atoms with Gasteiger partial charge in [0, 0.05) is 36.3 Å². The number of nitrogens with zero attached hydrogens (tertiary/aromatic N) is 3. The molecule has 158 valence electrons. The van der Waals surface area contributed by atoms with Crippen molar-refractivity contribution in [2.45, 2.75) is 32.6 Å². The van der Waals surface area contributed by atoms with E-state index in [2.05, 4.69) is 35.1 Å². The number of nitriles is 1. The molecular weight excluding hydrogens is 391 g/mol. The molecule has 0 unspecified atom stereocenters. The summed E-state index contributed by atoms with van der Waals surface area (Å²) in [6, 6.07) is 14.6. The maximum absolute atomic E-state index is 13.9. The Balaban J connectivity index is 1.47. The number of hydrogen-bond donors (Lipinski definition) is 1. The van der Waals surface area contributed by atoms with Gasteiger partial charge in [-0.1, -0.05) is 26.0 Å². The molecule has 1 aliphatic heterocycles. The van der Waals surface area contributed by atoms with Gasteiger partial charge in [0.15, 0.2) is 0 Å². The average molecular weight is 417 g/mol. The molecule has 0 aliphatic carbocycles. The molecule has 4 rings (SSSR count). The zero-order valence-corrected chi connectivity index (χ0v) is 17.7. The highest BCUT2D eigenvalue weighted by molar-refractivity contribution is 5.95. The highest BCUT2D eigenvalue weighted by Gasteiger charge is 2.27. The Morgan fingerprint density at radius 3 is 2.55 bits per heavy atom. The zero-order chi connectivity index (χ0) is 22.0. The predicted octanol–water partition coefficient (Wildman–Crippen LogP) is 5.22. The first-order valence-electron chi connectivity index (χ1n) is 10.6. The maximum Gasteiger partial charge on any atom is 0.227 e. The van der Waals surface area contributed by atoms with Crippen molar-refractivity contribution in [1.82, 2.24) is 4.98 Å². The summed E-state index contributed by atoms with van der Waals surface area (Å²) in [6.07, 6.45) is 2.87. The van der Waals surface area contributed by atoms with Crippen LogP contribution in [0.4, 0.5) is 15.8 Å². The number of hydrogen-bond acceptors (Lipinski definition) is 4. The van der Waals surface area contributed by atoms with Crippen LogP contribution in [0.15, 0.2) is 48.7 Å². The Labute approximate surface area is 181 Å². The van der Waals surface area contributed by atoms with Crippen LogP contribution in [-0.4, -0.2) is 24.0 Å². The highest BCUT2D eigenvalue weighted by Crippen LogP contribution is 2.33. The molecule has 1 saturated heterocycles. The molecule has 1 N–H and O–H groups in total. The van der Waals surface area contributed by atoms with Crippen molar-refractivity contribution in [2.75, 3.05) is 23.3 Å². The molecule has 1 aliphatic rings. The van der Waals surface area contributed by atoms with Crippen molar-refractivity contribution < 1.29 is 9.18 Å². The van der Waals surface area contributed by atoms with E-state index in [-0.39, 0.29) is 17.6 Å². The van der Waals surface area contributed by atoms with Crippen LogP contribution in [0.5, 0.6) is 0 Å². The minimum absolute atomic E-state index is 0.0167. The van der Waals surface area contributed by atoms with Gasteiger partial charge >= 0.3 is 0 Å². The van der Waals surface area contributed by atoms with Gasteiger partial charge in [-0.05, 0) is 54.7 Å². The van der Waals surface area contributed by atoms with Crippen LogP contribution in [0.25, 0.3) is 10.9 Å². The van der Waals surface area contributed by atoms with E-state index in [1.165, 1.54) is 23.9 Å². The molecule has 3 aromatic rings. The first-order valence-corrected chi connectivity index (χ1v) is 10.6. The number of benzene rings is 2. The second-order valence-corrected chi connectivity index (χ2v) is 8.32. The lowest BCUT2D eigenvalue weighted by Crippen LogP contribution is -2.38. The smallest absolute Gasteiger partial charge is 0.227 e. The number of rotatable bonds is 4. The fourth-order valence-electron chi connectivity index (χ4n) is 4.13. The molecule has 31 heavy (non-hydrogen) atoms. The lowest BCUT2D eigenvalue weighted by Gasteiger charge is -2.34. The van der Waals surface area contributed by atoms with Crippen molar-refractivity contribution in [3.8, 4) is 6.07 Å². The molecule has 0 atom stereocenters. The molecule has 1 fully saturated rings. The molecule has 2 aromatic carbocycles. The molecule has 0 spiro atoms. The van der Waals surface area contributed by atoms with Crippen LogP contribution in [-0.2, 0) is 4.79 Å². The Kier molecular flexibility index (Phi) is 5.85. The molecule has 1 amide bonds. The molecule has 0 bridgehead atoms. The van der Waals surface area contributed by atoms with E-state index in [4.69, 9.17) is 0 Å². The van der Waals surface area contributed by atoms with Crippen molar-refractivity contribution in [2.24, 2.45) is 5.92 Å². The highest BCUT2D eigenvalue weighted by atomic mass is 19.1. The second-order valence-electron chi connectivity index (χ2n) is 8.32. The lowest BCUT2D eigenvalue weighted by atomic mass is 9.94. The van der Waals surface area contributed by atoms with Crippen LogP contribution in [0.2, 0.25) is 0 Å². The molecule has 2 heterocycles. The summed E-state index contributed by atoms with van der Waals surface area (Å²) >= 11 is 0. The van der Waals surface area contributed by atoms with Gasteiger partial charge in [-0.2, -0.15) is 5.26 Å². The fraction of sp³-hybridized carbons (Fsp3) is 0.320. The number of fused-ring (bicyclic) bond motifs is 1. The van der Waals surface area contributed by atoms with E-state index in [0.29, 0.717) is 54.0 Å². The number of pyridine rings is 1. The monoisotopic (exact) mass is 416 g/mol. The average Bonchev–Trinajstić information content (AvgIpc) is 2.78. The van der Waals surface area contributed by atoms with Gasteiger partial charge in [0.25, 0.3) is 0 Å². The summed E-state index contributed by atoms with van der Waals surface area (Å²) in [5, 5.41) is 13.2. The van der Waals surface area contributed by atoms with E-state index >= 15 is 0 Å². The van der Waals surface area contributed by atoms with E-state index in [1.54, 1.807) is 6.07 Å². The minimum Gasteiger partial charge on any atom is -0.370 e. The van der Waals surface area contributed by atoms with Crippen molar-refractivity contribution in [3.05, 3.63) is 65.6 Å². The number of anilines is 2. The van der Waals surface area contributed by atoms with Gasteiger partial charge < -0.3 is 10.2 Å². The number of halogens is 1. The normalized spacial score (nSPS) is 14.6. The van der Waals surface area contributed by atoms with Crippen LogP contribution >= 0.6 is 0 Å². The fourth-order valence-corrected chi connectivity index (χ4v) is 4.13. The quantitative estimate of drug-likeness (QED) is 0.633. The number of aromatic nitrogens is 1. The van der Waals surface area contributed by atoms with Gasteiger partial charge in [0.1, 0.15) is 11.9 Å². The molecule has 6 heteroatoms. The number of carbonyl (C=O) groups is 1. The van der Waals surface area contributed by atoms with Gasteiger partial charge in [-0.3, -0.25) is 9.78 Å². The standard InChI is InChI=1S/C25H25FN4O/c1-16(2)17-3-6-21(7-4-17)29-25(31)18-9-11-30(12-10-18)24-19(14-27)15-28-23-8-5-20(26)13-22(23)24/h3-8,13,15-16,18H,9-12H2,1-2H3,(H,29,31). The summed E-state index contributed by atoms with van der Waals surface area (Å²) < 4.78 is 13.9. The first kappa shape index (κ1) is 20.8. The maximum atomic E-state index is 13.9. The number of carbonyl (C=O) groups excluding carboxylic acids is 1. The van der Waals surface area contributed by atoms with Crippen LogP contribution < -0.4 is 10.2 Å². The first-order chi connectivity index (χ1) is 15.0. The minimum atomic E-state index is -0.358.